The van der Waals surface area contributed by atoms with Crippen molar-refractivity contribution in [3.63, 3.8) is 0 Å². The molecule has 2 aromatic heterocycles. The van der Waals surface area contributed by atoms with E-state index in [1.54, 1.807) is 43.4 Å². The lowest BCUT2D eigenvalue weighted by Crippen LogP contribution is -2.50. The second-order valence-electron chi connectivity index (χ2n) is 10.4. The summed E-state index contributed by atoms with van der Waals surface area (Å²) in [6.45, 7) is 6.98. The van der Waals surface area contributed by atoms with E-state index in [0.29, 0.717) is 38.9 Å². The molecule has 0 saturated carbocycles. The number of nitrogens with zero attached hydrogens (tertiary/aromatic N) is 1. The number of benzene rings is 1. The Balaban J connectivity index is 1.56. The highest BCUT2D eigenvalue weighted by Crippen LogP contribution is 2.17. The Hall–Kier alpha value is -3.37. The van der Waals surface area contributed by atoms with Gasteiger partial charge in [0, 0.05) is 22.8 Å². The van der Waals surface area contributed by atoms with Crippen LogP contribution in [0.5, 0.6) is 0 Å². The van der Waals surface area contributed by atoms with Gasteiger partial charge in [-0.1, -0.05) is 42.5 Å². The number of alkyl carbamates (subject to hydrolysis) is 2. The predicted octanol–water partition coefficient (Wildman–Crippen LogP) is 6.37. The van der Waals surface area contributed by atoms with E-state index < -0.39 is 23.8 Å². The zero-order valence-electron chi connectivity index (χ0n) is 23.4. The van der Waals surface area contributed by atoms with Crippen LogP contribution in [0.15, 0.2) is 65.4 Å². The van der Waals surface area contributed by atoms with E-state index in [2.05, 4.69) is 16.7 Å². The van der Waals surface area contributed by atoms with Crippen molar-refractivity contribution in [3.05, 3.63) is 80.7 Å². The molecule has 0 saturated heterocycles. The van der Waals surface area contributed by atoms with Gasteiger partial charge in [-0.05, 0) is 74.9 Å². The molecule has 0 bridgehead atoms. The number of unbranched alkanes of at least 4 members (excludes halogenated alkanes) is 1. The van der Waals surface area contributed by atoms with Gasteiger partial charge in [-0.3, -0.25) is 4.79 Å². The van der Waals surface area contributed by atoms with Crippen LogP contribution in [-0.4, -0.2) is 47.7 Å². The second kappa shape index (κ2) is 16.0. The quantitative estimate of drug-likeness (QED) is 0.214. The summed E-state index contributed by atoms with van der Waals surface area (Å²) in [4.78, 5) is 42.6. The van der Waals surface area contributed by atoms with Crippen LogP contribution in [0.3, 0.4) is 0 Å². The first-order chi connectivity index (χ1) is 19.2. The van der Waals surface area contributed by atoms with Gasteiger partial charge < -0.3 is 25.0 Å². The molecule has 0 aliphatic carbocycles. The summed E-state index contributed by atoms with van der Waals surface area (Å²) in [6, 6.07) is 16.8. The molecular formula is C30H39N3O5S2. The number of hydrogen-bond acceptors (Lipinski definition) is 7. The number of thiophene rings is 2. The van der Waals surface area contributed by atoms with Gasteiger partial charge >= 0.3 is 12.2 Å². The molecule has 3 amide bonds. The number of carbonyl (C=O) groups is 3. The zero-order valence-corrected chi connectivity index (χ0v) is 25.0. The molecule has 0 aliphatic rings. The third-order valence-electron chi connectivity index (χ3n) is 5.84. The first-order valence-corrected chi connectivity index (χ1v) is 15.2. The number of nitrogens with one attached hydrogen (secondary N) is 2. The molecule has 1 atom stereocenters. The lowest BCUT2D eigenvalue weighted by Gasteiger charge is -2.29. The second-order valence-corrected chi connectivity index (χ2v) is 12.4. The Labute approximate surface area is 244 Å². The number of rotatable bonds is 14. The van der Waals surface area contributed by atoms with Crippen LogP contribution in [0.25, 0.3) is 0 Å². The molecule has 0 fully saturated rings. The average Bonchev–Trinajstić information content (AvgIpc) is 3.63. The normalized spacial score (nSPS) is 11.9. The topological polar surface area (TPSA) is 97.0 Å². The molecule has 2 heterocycles. The van der Waals surface area contributed by atoms with Crippen molar-refractivity contribution in [2.45, 2.75) is 71.2 Å². The van der Waals surface area contributed by atoms with E-state index in [1.165, 1.54) is 4.88 Å². The van der Waals surface area contributed by atoms with Gasteiger partial charge in [0.05, 0.1) is 6.54 Å². The first kappa shape index (κ1) is 31.2. The summed E-state index contributed by atoms with van der Waals surface area (Å²) in [5.74, 6) is -0.147. The van der Waals surface area contributed by atoms with Gasteiger partial charge in [0.25, 0.3) is 0 Å². The zero-order chi connectivity index (χ0) is 28.8. The van der Waals surface area contributed by atoms with E-state index in [9.17, 15) is 14.4 Å². The minimum absolute atomic E-state index is 0.147. The van der Waals surface area contributed by atoms with Crippen molar-refractivity contribution in [1.29, 1.82) is 0 Å². The van der Waals surface area contributed by atoms with Gasteiger partial charge in [0.15, 0.2) is 0 Å². The fourth-order valence-corrected chi connectivity index (χ4v) is 5.34. The highest BCUT2D eigenvalue weighted by molar-refractivity contribution is 7.10. The smallest absolute Gasteiger partial charge is 0.408 e. The van der Waals surface area contributed by atoms with Gasteiger partial charge in [-0.25, -0.2) is 9.59 Å². The van der Waals surface area contributed by atoms with Crippen LogP contribution in [0.2, 0.25) is 0 Å². The summed E-state index contributed by atoms with van der Waals surface area (Å²) in [7, 11) is 0. The SMILES string of the molecule is CC(C)(C)OC(=O)N[C@H](CCCCNC(=O)OCc1ccccc1)C(=O)N(CCc1cccs1)Cc1cccs1. The first-order valence-electron chi connectivity index (χ1n) is 13.5. The van der Waals surface area contributed by atoms with Crippen LogP contribution in [-0.2, 0) is 33.8 Å². The molecular weight excluding hydrogens is 546 g/mol. The molecule has 216 valence electrons. The standard InChI is InChI=1S/C30H39N3O5S2/c1-30(2,3)38-29(36)32-26(15-7-8-17-31-28(35)37-22-23-11-5-4-6-12-23)27(34)33(21-25-14-10-20-40-25)18-16-24-13-9-19-39-24/h4-6,9-14,19-20,26H,7-8,15-18,21-22H2,1-3H3,(H,31,35)(H,32,36)/t26-/m1/s1. The summed E-state index contributed by atoms with van der Waals surface area (Å²) in [5.41, 5.74) is 0.232. The fourth-order valence-electron chi connectivity index (χ4n) is 3.92. The van der Waals surface area contributed by atoms with E-state index in [-0.39, 0.29) is 12.5 Å². The molecule has 40 heavy (non-hydrogen) atoms. The van der Waals surface area contributed by atoms with Crippen molar-refractivity contribution in [2.24, 2.45) is 0 Å². The fraction of sp³-hybridized carbons (Fsp3) is 0.433. The van der Waals surface area contributed by atoms with Gasteiger partial charge in [-0.15, -0.1) is 22.7 Å². The minimum atomic E-state index is -0.747. The minimum Gasteiger partial charge on any atom is -0.445 e. The van der Waals surface area contributed by atoms with Crippen molar-refractivity contribution in [3.8, 4) is 0 Å². The lowest BCUT2D eigenvalue weighted by atomic mass is 10.1. The van der Waals surface area contributed by atoms with Crippen molar-refractivity contribution in [1.82, 2.24) is 15.5 Å². The summed E-state index contributed by atoms with van der Waals surface area (Å²) in [6.07, 6.45) is 1.28. The van der Waals surface area contributed by atoms with E-state index >= 15 is 0 Å². The molecule has 3 rings (SSSR count). The number of carbonyl (C=O) groups excluding carboxylic acids is 3. The maximum atomic E-state index is 13.8. The number of hydrogen-bond donors (Lipinski definition) is 2. The van der Waals surface area contributed by atoms with Crippen molar-refractivity contribution < 1.29 is 23.9 Å². The maximum absolute atomic E-state index is 13.8. The van der Waals surface area contributed by atoms with E-state index in [1.807, 2.05) is 64.2 Å². The van der Waals surface area contributed by atoms with Crippen LogP contribution >= 0.6 is 22.7 Å². The van der Waals surface area contributed by atoms with Crippen LogP contribution in [0.1, 0.15) is 55.4 Å². The predicted molar refractivity (Wildman–Crippen MR) is 159 cm³/mol. The molecule has 0 aliphatic heterocycles. The largest absolute Gasteiger partial charge is 0.445 e. The third kappa shape index (κ3) is 11.8. The van der Waals surface area contributed by atoms with Crippen LogP contribution < -0.4 is 10.6 Å². The molecule has 10 heteroatoms. The summed E-state index contributed by atoms with van der Waals surface area (Å²) >= 11 is 3.26. The van der Waals surface area contributed by atoms with Crippen LogP contribution in [0.4, 0.5) is 9.59 Å². The molecule has 1 aromatic carbocycles. The Morgan fingerprint density at radius 2 is 1.60 bits per heavy atom. The van der Waals surface area contributed by atoms with Crippen molar-refractivity contribution in [2.75, 3.05) is 13.1 Å². The van der Waals surface area contributed by atoms with Crippen LogP contribution in [0, 0.1) is 0 Å². The molecule has 0 radical (unpaired) electrons. The maximum Gasteiger partial charge on any atom is 0.408 e. The molecule has 0 spiro atoms. The van der Waals surface area contributed by atoms with Gasteiger partial charge in [0.1, 0.15) is 18.2 Å². The molecule has 3 aromatic rings. The Morgan fingerprint density at radius 1 is 0.900 bits per heavy atom. The number of ether oxygens (including phenoxy) is 2. The van der Waals surface area contributed by atoms with E-state index in [4.69, 9.17) is 9.47 Å². The van der Waals surface area contributed by atoms with E-state index in [0.717, 1.165) is 16.9 Å². The highest BCUT2D eigenvalue weighted by atomic mass is 32.1. The van der Waals surface area contributed by atoms with Crippen molar-refractivity contribution >= 4 is 40.8 Å². The highest BCUT2D eigenvalue weighted by Gasteiger charge is 2.28. The summed E-state index contributed by atoms with van der Waals surface area (Å²) < 4.78 is 10.7. The Bertz CT molecular complexity index is 1160. The monoisotopic (exact) mass is 585 g/mol. The molecule has 2 N–H and O–H groups in total. The van der Waals surface area contributed by atoms with Gasteiger partial charge in [-0.2, -0.15) is 0 Å². The Kier molecular flexibility index (Phi) is 12.5. The lowest BCUT2D eigenvalue weighted by molar-refractivity contribution is -0.134. The Morgan fingerprint density at radius 3 is 2.25 bits per heavy atom. The number of amides is 3. The molecule has 8 nitrogen and oxygen atoms in total. The third-order valence-corrected chi connectivity index (χ3v) is 7.63. The summed E-state index contributed by atoms with van der Waals surface area (Å²) in [5, 5.41) is 9.57. The average molecular weight is 586 g/mol. The molecule has 0 unspecified atom stereocenters. The van der Waals surface area contributed by atoms with Gasteiger partial charge in [0.2, 0.25) is 5.91 Å².